The summed E-state index contributed by atoms with van der Waals surface area (Å²) >= 11 is 0. The number of carbonyl (C=O) groups excluding carboxylic acids is 1. The van der Waals surface area contributed by atoms with E-state index in [9.17, 15) is 4.79 Å². The van der Waals surface area contributed by atoms with Gasteiger partial charge in [-0.25, -0.2) is 4.79 Å². The third-order valence-electron chi connectivity index (χ3n) is 1.59. The van der Waals surface area contributed by atoms with Crippen molar-refractivity contribution in [3.8, 4) is 0 Å². The molecule has 0 bridgehead atoms. The Morgan fingerprint density at radius 1 is 1.75 bits per heavy atom. The summed E-state index contributed by atoms with van der Waals surface area (Å²) in [5.74, 6) is -0.342. The lowest BCUT2D eigenvalue weighted by atomic mass is 10.0. The van der Waals surface area contributed by atoms with Crippen LogP contribution in [-0.2, 0) is 9.53 Å². The molecule has 0 saturated heterocycles. The van der Waals surface area contributed by atoms with Gasteiger partial charge in [0.05, 0.1) is 12.3 Å². The van der Waals surface area contributed by atoms with Crippen molar-refractivity contribution in [1.29, 1.82) is 0 Å². The van der Waals surface area contributed by atoms with Crippen LogP contribution in [0.5, 0.6) is 0 Å². The van der Waals surface area contributed by atoms with E-state index in [0.29, 0.717) is 6.61 Å². The van der Waals surface area contributed by atoms with E-state index in [1.54, 1.807) is 26.8 Å². The Bertz CT molecular complexity index is 258. The molecule has 1 heterocycles. The summed E-state index contributed by atoms with van der Waals surface area (Å²) < 4.78 is 4.84. The topological polar surface area (TPSA) is 51.0 Å². The van der Waals surface area contributed by atoms with Crippen molar-refractivity contribution < 1.29 is 9.53 Å². The van der Waals surface area contributed by atoms with Crippen LogP contribution in [0.1, 0.15) is 20.8 Å². The van der Waals surface area contributed by atoms with E-state index in [1.807, 2.05) is 0 Å². The minimum Gasteiger partial charge on any atom is -0.464 e. The first kappa shape index (κ1) is 8.90. The second kappa shape index (κ2) is 3.05. The molecule has 1 rings (SSSR count). The smallest absolute Gasteiger partial charge is 0.339 e. The molecule has 0 aromatic heterocycles. The maximum Gasteiger partial charge on any atom is 0.339 e. The standard InChI is InChI=1S/C8H12N2O2/c1-4-12-7(11)8(3)5-6(2)9-10-8/h5H,4H2,1-3H3. The molecule has 0 N–H and O–H groups in total. The van der Waals surface area contributed by atoms with Gasteiger partial charge in [0, 0.05) is 0 Å². The Labute approximate surface area is 71.3 Å². The van der Waals surface area contributed by atoms with E-state index in [0.717, 1.165) is 5.70 Å². The fourth-order valence-electron chi connectivity index (χ4n) is 1.02. The first-order valence-electron chi connectivity index (χ1n) is 3.88. The molecule has 12 heavy (non-hydrogen) atoms. The molecule has 1 atom stereocenters. The first-order chi connectivity index (χ1) is 5.58. The Morgan fingerprint density at radius 3 is 2.83 bits per heavy atom. The van der Waals surface area contributed by atoms with Gasteiger partial charge in [-0.2, -0.15) is 10.2 Å². The van der Waals surface area contributed by atoms with Crippen LogP contribution in [0.3, 0.4) is 0 Å². The van der Waals surface area contributed by atoms with Gasteiger partial charge in [0.2, 0.25) is 0 Å². The maximum absolute atomic E-state index is 11.3. The summed E-state index contributed by atoms with van der Waals surface area (Å²) in [7, 11) is 0. The number of hydrogen-bond donors (Lipinski definition) is 0. The van der Waals surface area contributed by atoms with Crippen LogP contribution in [0, 0.1) is 0 Å². The minimum absolute atomic E-state index is 0.342. The van der Waals surface area contributed by atoms with Crippen LogP contribution in [0.25, 0.3) is 0 Å². The summed E-state index contributed by atoms with van der Waals surface area (Å²) in [5.41, 5.74) is -0.134. The predicted molar refractivity (Wildman–Crippen MR) is 43.7 cm³/mol. The van der Waals surface area contributed by atoms with Crippen LogP contribution in [0.4, 0.5) is 0 Å². The van der Waals surface area contributed by atoms with Gasteiger partial charge >= 0.3 is 5.97 Å². The summed E-state index contributed by atoms with van der Waals surface area (Å²) in [6.45, 7) is 5.62. The SMILES string of the molecule is CCOC(=O)C1(C)C=C(C)N=N1. The molecule has 0 radical (unpaired) electrons. The molecule has 0 saturated carbocycles. The molecule has 1 unspecified atom stereocenters. The van der Waals surface area contributed by atoms with Gasteiger partial charge in [-0.1, -0.05) is 0 Å². The average molecular weight is 168 g/mol. The summed E-state index contributed by atoms with van der Waals surface area (Å²) in [6.07, 6.45) is 1.70. The number of azo groups is 1. The van der Waals surface area contributed by atoms with E-state index >= 15 is 0 Å². The molecule has 0 fully saturated rings. The molecular weight excluding hydrogens is 156 g/mol. The zero-order valence-corrected chi connectivity index (χ0v) is 7.50. The number of esters is 1. The molecule has 66 valence electrons. The minimum atomic E-state index is -0.889. The summed E-state index contributed by atoms with van der Waals surface area (Å²) in [4.78, 5) is 11.3. The van der Waals surface area contributed by atoms with E-state index in [-0.39, 0.29) is 5.97 Å². The molecule has 1 aliphatic heterocycles. The number of hydrogen-bond acceptors (Lipinski definition) is 4. The van der Waals surface area contributed by atoms with Crippen molar-refractivity contribution in [2.75, 3.05) is 6.61 Å². The van der Waals surface area contributed by atoms with Crippen molar-refractivity contribution in [2.24, 2.45) is 10.2 Å². The highest BCUT2D eigenvalue weighted by molar-refractivity contribution is 5.83. The van der Waals surface area contributed by atoms with Crippen LogP contribution >= 0.6 is 0 Å². The van der Waals surface area contributed by atoms with Crippen LogP contribution in [0.2, 0.25) is 0 Å². The largest absolute Gasteiger partial charge is 0.464 e. The number of allylic oxidation sites excluding steroid dienone is 1. The number of rotatable bonds is 2. The molecule has 0 aromatic carbocycles. The molecule has 0 amide bonds. The van der Waals surface area contributed by atoms with Gasteiger partial charge in [-0.3, -0.25) is 0 Å². The number of ether oxygens (including phenoxy) is 1. The van der Waals surface area contributed by atoms with Crippen molar-refractivity contribution in [3.63, 3.8) is 0 Å². The van der Waals surface area contributed by atoms with E-state index in [2.05, 4.69) is 10.2 Å². The van der Waals surface area contributed by atoms with Crippen molar-refractivity contribution in [3.05, 3.63) is 11.8 Å². The molecule has 0 spiro atoms. The van der Waals surface area contributed by atoms with Crippen LogP contribution < -0.4 is 0 Å². The third-order valence-corrected chi connectivity index (χ3v) is 1.59. The van der Waals surface area contributed by atoms with E-state index in [4.69, 9.17) is 4.74 Å². The monoisotopic (exact) mass is 168 g/mol. The van der Waals surface area contributed by atoms with Gasteiger partial charge in [-0.15, -0.1) is 0 Å². The molecule has 4 nitrogen and oxygen atoms in total. The molecule has 0 aromatic rings. The Kier molecular flexibility index (Phi) is 2.26. The lowest BCUT2D eigenvalue weighted by Crippen LogP contribution is -2.31. The highest BCUT2D eigenvalue weighted by atomic mass is 16.5. The second-order valence-corrected chi connectivity index (χ2v) is 2.85. The lowest BCUT2D eigenvalue weighted by Gasteiger charge is -2.13. The zero-order valence-electron chi connectivity index (χ0n) is 7.50. The Morgan fingerprint density at radius 2 is 2.42 bits per heavy atom. The van der Waals surface area contributed by atoms with Crippen LogP contribution in [-0.4, -0.2) is 18.1 Å². The lowest BCUT2D eigenvalue weighted by molar-refractivity contribution is -0.146. The van der Waals surface area contributed by atoms with Gasteiger partial charge in [0.25, 0.3) is 0 Å². The average Bonchev–Trinajstić information content (AvgIpc) is 2.33. The number of carbonyl (C=O) groups is 1. The molecule has 4 heteroatoms. The van der Waals surface area contributed by atoms with Crippen molar-refractivity contribution in [1.82, 2.24) is 0 Å². The molecule has 0 aliphatic carbocycles. The predicted octanol–water partition coefficient (Wildman–Crippen LogP) is 1.68. The fraction of sp³-hybridized carbons (Fsp3) is 0.625. The van der Waals surface area contributed by atoms with Crippen LogP contribution in [0.15, 0.2) is 22.0 Å². The Balaban J connectivity index is 2.75. The summed E-state index contributed by atoms with van der Waals surface area (Å²) in [5, 5.41) is 7.60. The third kappa shape index (κ3) is 1.52. The second-order valence-electron chi connectivity index (χ2n) is 2.85. The van der Waals surface area contributed by atoms with E-state index < -0.39 is 5.54 Å². The Hall–Kier alpha value is -1.19. The summed E-state index contributed by atoms with van der Waals surface area (Å²) in [6, 6.07) is 0. The van der Waals surface area contributed by atoms with Gasteiger partial charge in [0.1, 0.15) is 0 Å². The van der Waals surface area contributed by atoms with Gasteiger partial charge < -0.3 is 4.74 Å². The fourth-order valence-corrected chi connectivity index (χ4v) is 1.02. The highest BCUT2D eigenvalue weighted by Crippen LogP contribution is 2.24. The van der Waals surface area contributed by atoms with Gasteiger partial charge in [0.15, 0.2) is 5.54 Å². The first-order valence-corrected chi connectivity index (χ1v) is 3.88. The number of nitrogens with zero attached hydrogens (tertiary/aromatic N) is 2. The zero-order chi connectivity index (χ0) is 9.19. The van der Waals surface area contributed by atoms with Gasteiger partial charge in [-0.05, 0) is 26.8 Å². The maximum atomic E-state index is 11.3. The van der Waals surface area contributed by atoms with Crippen molar-refractivity contribution in [2.45, 2.75) is 26.3 Å². The molecule has 1 aliphatic rings. The quantitative estimate of drug-likeness (QED) is 0.589. The van der Waals surface area contributed by atoms with E-state index in [1.165, 1.54) is 0 Å². The molecular formula is C8H12N2O2. The van der Waals surface area contributed by atoms with Crippen molar-refractivity contribution >= 4 is 5.97 Å². The normalized spacial score (nSPS) is 27.1. The highest BCUT2D eigenvalue weighted by Gasteiger charge is 2.35.